The van der Waals surface area contributed by atoms with E-state index in [2.05, 4.69) is 11.4 Å². The van der Waals surface area contributed by atoms with E-state index in [9.17, 15) is 5.11 Å². The van der Waals surface area contributed by atoms with Gasteiger partial charge in [-0.05, 0) is 44.2 Å². The first-order chi connectivity index (χ1) is 9.71. The quantitative estimate of drug-likeness (QED) is 0.866. The third-order valence-corrected chi connectivity index (χ3v) is 6.11. The highest BCUT2D eigenvalue weighted by Crippen LogP contribution is 2.41. The summed E-state index contributed by atoms with van der Waals surface area (Å²) in [6.45, 7) is 0.253. The van der Waals surface area contributed by atoms with Crippen molar-refractivity contribution in [1.82, 2.24) is 5.32 Å². The highest BCUT2D eigenvalue weighted by Gasteiger charge is 2.40. The van der Waals surface area contributed by atoms with Crippen LogP contribution in [0.3, 0.4) is 0 Å². The maximum Gasteiger partial charge on any atom is 0.0613 e. The molecule has 2 fully saturated rings. The molecule has 4 heteroatoms. The van der Waals surface area contributed by atoms with Crippen LogP contribution in [0.4, 0.5) is 0 Å². The molecule has 1 aromatic rings. The van der Waals surface area contributed by atoms with Gasteiger partial charge in [0.1, 0.15) is 0 Å². The van der Waals surface area contributed by atoms with E-state index in [0.29, 0.717) is 11.3 Å². The average molecular weight is 312 g/mol. The third-order valence-electron chi connectivity index (χ3n) is 4.32. The Morgan fingerprint density at radius 3 is 2.80 bits per heavy atom. The fourth-order valence-electron chi connectivity index (χ4n) is 3.11. The van der Waals surface area contributed by atoms with Gasteiger partial charge in [0.05, 0.1) is 11.6 Å². The van der Waals surface area contributed by atoms with Crippen LogP contribution in [0.15, 0.2) is 29.2 Å². The molecule has 1 aromatic carbocycles. The number of aliphatic hydroxyl groups is 1. The molecule has 0 spiro atoms. The summed E-state index contributed by atoms with van der Waals surface area (Å²) in [7, 11) is 0. The van der Waals surface area contributed by atoms with Gasteiger partial charge in [0.15, 0.2) is 0 Å². The summed E-state index contributed by atoms with van der Waals surface area (Å²) in [6.07, 6.45) is 7.07. The average Bonchev–Trinajstić information content (AvgIpc) is 3.26. The standard InChI is InChI=1S/C16H22ClNOS/c17-14-5-1-2-6-15(14)20-13-4-3-9-16(10-13,11-19)18-12-7-8-12/h1-2,5-6,12-13,18-19H,3-4,7-11H2. The maximum atomic E-state index is 9.86. The van der Waals surface area contributed by atoms with Gasteiger partial charge in [0, 0.05) is 21.7 Å². The Morgan fingerprint density at radius 1 is 1.30 bits per heavy atom. The topological polar surface area (TPSA) is 32.3 Å². The minimum atomic E-state index is -0.0572. The smallest absolute Gasteiger partial charge is 0.0613 e. The van der Waals surface area contributed by atoms with Crippen molar-refractivity contribution in [2.45, 2.75) is 60.3 Å². The molecule has 0 heterocycles. The van der Waals surface area contributed by atoms with Gasteiger partial charge in [-0.3, -0.25) is 0 Å². The molecule has 110 valence electrons. The predicted octanol–water partition coefficient (Wildman–Crippen LogP) is 3.86. The van der Waals surface area contributed by atoms with Crippen molar-refractivity contribution in [3.8, 4) is 0 Å². The molecule has 0 radical (unpaired) electrons. The molecule has 3 rings (SSSR count). The Bertz CT molecular complexity index is 466. The second-order valence-electron chi connectivity index (χ2n) is 6.12. The van der Waals surface area contributed by atoms with Gasteiger partial charge in [-0.1, -0.05) is 30.2 Å². The second kappa shape index (κ2) is 6.27. The lowest BCUT2D eigenvalue weighted by Crippen LogP contribution is -2.53. The van der Waals surface area contributed by atoms with Gasteiger partial charge in [-0.15, -0.1) is 11.8 Å². The zero-order valence-electron chi connectivity index (χ0n) is 11.6. The van der Waals surface area contributed by atoms with E-state index in [0.717, 1.165) is 17.9 Å². The van der Waals surface area contributed by atoms with E-state index >= 15 is 0 Å². The lowest BCUT2D eigenvalue weighted by atomic mass is 9.82. The van der Waals surface area contributed by atoms with Crippen molar-refractivity contribution >= 4 is 23.4 Å². The first-order valence-electron chi connectivity index (χ1n) is 7.50. The Balaban J connectivity index is 1.66. The van der Waals surface area contributed by atoms with Crippen LogP contribution in [0.2, 0.25) is 5.02 Å². The molecular formula is C16H22ClNOS. The van der Waals surface area contributed by atoms with Crippen molar-refractivity contribution in [3.05, 3.63) is 29.3 Å². The molecule has 0 saturated heterocycles. The molecule has 0 aromatic heterocycles. The van der Waals surface area contributed by atoms with Gasteiger partial charge in [-0.2, -0.15) is 0 Å². The zero-order chi connectivity index (χ0) is 14.0. The number of aliphatic hydroxyl groups excluding tert-OH is 1. The third kappa shape index (κ3) is 3.51. The number of hydrogen-bond acceptors (Lipinski definition) is 3. The molecule has 0 aliphatic heterocycles. The summed E-state index contributed by atoms with van der Waals surface area (Å²) in [5.41, 5.74) is -0.0572. The van der Waals surface area contributed by atoms with E-state index in [1.165, 1.54) is 30.6 Å². The van der Waals surface area contributed by atoms with Gasteiger partial charge in [-0.25, -0.2) is 0 Å². The van der Waals surface area contributed by atoms with Crippen LogP contribution in [0.25, 0.3) is 0 Å². The largest absolute Gasteiger partial charge is 0.394 e. The van der Waals surface area contributed by atoms with E-state index in [4.69, 9.17) is 11.6 Å². The molecule has 0 amide bonds. The fraction of sp³-hybridized carbons (Fsp3) is 0.625. The lowest BCUT2D eigenvalue weighted by Gasteiger charge is -2.40. The second-order valence-corrected chi connectivity index (χ2v) is 7.87. The number of rotatable bonds is 5. The molecule has 2 atom stereocenters. The van der Waals surface area contributed by atoms with E-state index < -0.39 is 0 Å². The van der Waals surface area contributed by atoms with Crippen molar-refractivity contribution in [2.24, 2.45) is 0 Å². The molecule has 2 aliphatic carbocycles. The van der Waals surface area contributed by atoms with Crippen LogP contribution in [0.1, 0.15) is 38.5 Å². The summed E-state index contributed by atoms with van der Waals surface area (Å²) in [5, 5.41) is 14.9. The van der Waals surface area contributed by atoms with Crippen LogP contribution >= 0.6 is 23.4 Å². The van der Waals surface area contributed by atoms with Crippen molar-refractivity contribution in [2.75, 3.05) is 6.61 Å². The number of thioether (sulfide) groups is 1. The Hall–Kier alpha value is -0.220. The molecule has 0 bridgehead atoms. The summed E-state index contributed by atoms with van der Waals surface area (Å²) < 4.78 is 0. The lowest BCUT2D eigenvalue weighted by molar-refractivity contribution is 0.122. The predicted molar refractivity (Wildman–Crippen MR) is 85.5 cm³/mol. The molecule has 2 saturated carbocycles. The number of nitrogens with one attached hydrogen (secondary N) is 1. The van der Waals surface area contributed by atoms with E-state index in [1.54, 1.807) is 0 Å². The molecular weight excluding hydrogens is 290 g/mol. The molecule has 2 unspecified atom stereocenters. The highest BCUT2D eigenvalue weighted by atomic mass is 35.5. The summed E-state index contributed by atoms with van der Waals surface area (Å²) >= 11 is 8.13. The SMILES string of the molecule is OCC1(NC2CC2)CCCC(Sc2ccccc2Cl)C1. The van der Waals surface area contributed by atoms with Gasteiger partial charge in [0.25, 0.3) is 0 Å². The molecule has 2 N–H and O–H groups in total. The Kier molecular flexibility index (Phi) is 4.61. The van der Waals surface area contributed by atoms with Crippen LogP contribution in [0, 0.1) is 0 Å². The first kappa shape index (κ1) is 14.7. The minimum Gasteiger partial charge on any atom is -0.394 e. The fourth-order valence-corrected chi connectivity index (χ4v) is 4.76. The minimum absolute atomic E-state index is 0.0572. The summed E-state index contributed by atoms with van der Waals surface area (Å²) in [5.74, 6) is 0. The monoisotopic (exact) mass is 311 g/mol. The van der Waals surface area contributed by atoms with Crippen LogP contribution < -0.4 is 5.32 Å². The zero-order valence-corrected chi connectivity index (χ0v) is 13.2. The van der Waals surface area contributed by atoms with Crippen LogP contribution in [-0.2, 0) is 0 Å². The van der Waals surface area contributed by atoms with Crippen LogP contribution in [-0.4, -0.2) is 28.5 Å². The molecule has 2 nitrogen and oxygen atoms in total. The highest BCUT2D eigenvalue weighted by molar-refractivity contribution is 8.00. The number of halogens is 1. The van der Waals surface area contributed by atoms with Crippen molar-refractivity contribution < 1.29 is 5.11 Å². The first-order valence-corrected chi connectivity index (χ1v) is 8.76. The van der Waals surface area contributed by atoms with Gasteiger partial charge >= 0.3 is 0 Å². The normalized spacial score (nSPS) is 30.4. The Morgan fingerprint density at radius 2 is 2.10 bits per heavy atom. The molecule has 2 aliphatic rings. The number of benzene rings is 1. The maximum absolute atomic E-state index is 9.86. The van der Waals surface area contributed by atoms with Crippen LogP contribution in [0.5, 0.6) is 0 Å². The van der Waals surface area contributed by atoms with Crippen molar-refractivity contribution in [3.63, 3.8) is 0 Å². The van der Waals surface area contributed by atoms with E-state index in [1.807, 2.05) is 30.0 Å². The van der Waals surface area contributed by atoms with Gasteiger partial charge < -0.3 is 10.4 Å². The summed E-state index contributed by atoms with van der Waals surface area (Å²) in [4.78, 5) is 1.17. The van der Waals surface area contributed by atoms with Crippen molar-refractivity contribution in [1.29, 1.82) is 0 Å². The van der Waals surface area contributed by atoms with E-state index in [-0.39, 0.29) is 12.1 Å². The summed E-state index contributed by atoms with van der Waals surface area (Å²) in [6, 6.07) is 8.70. The molecule has 20 heavy (non-hydrogen) atoms. The Labute approximate surface area is 130 Å². The van der Waals surface area contributed by atoms with Gasteiger partial charge in [0.2, 0.25) is 0 Å². The number of hydrogen-bond donors (Lipinski definition) is 2.